The molecule has 0 amide bonds. The molecule has 0 aliphatic carbocycles. The van der Waals surface area contributed by atoms with Gasteiger partial charge in [0.1, 0.15) is 5.82 Å². The number of hydrogen-bond acceptors (Lipinski definition) is 3. The van der Waals surface area contributed by atoms with Crippen molar-refractivity contribution in [2.75, 3.05) is 0 Å². The van der Waals surface area contributed by atoms with E-state index >= 15 is 0 Å². The van der Waals surface area contributed by atoms with Gasteiger partial charge in [0.25, 0.3) is 0 Å². The summed E-state index contributed by atoms with van der Waals surface area (Å²) in [5.74, 6) is -1.33. The van der Waals surface area contributed by atoms with Crippen LogP contribution >= 0.6 is 0 Å². The summed E-state index contributed by atoms with van der Waals surface area (Å²) in [7, 11) is 0. The first-order chi connectivity index (χ1) is 14.1. The zero-order valence-corrected chi connectivity index (χ0v) is 15.2. The fraction of sp³-hybridized carbons (Fsp3) is 0. The topological polar surface area (TPSA) is 68.0 Å². The molecule has 2 aromatic heterocycles. The molecule has 0 saturated carbocycles. The van der Waals surface area contributed by atoms with Crippen molar-refractivity contribution in [3.63, 3.8) is 0 Å². The minimum atomic E-state index is -1.01. The van der Waals surface area contributed by atoms with Crippen molar-refractivity contribution in [1.29, 1.82) is 0 Å². The van der Waals surface area contributed by atoms with E-state index in [-0.39, 0.29) is 11.4 Å². The summed E-state index contributed by atoms with van der Waals surface area (Å²) in [5, 5.41) is 13.8. The minimum Gasteiger partial charge on any atom is -0.478 e. The molecule has 0 spiro atoms. The Kier molecular flexibility index (Phi) is 4.99. The van der Waals surface area contributed by atoms with Gasteiger partial charge in [0.05, 0.1) is 22.6 Å². The van der Waals surface area contributed by atoms with Gasteiger partial charge in [0.15, 0.2) is 0 Å². The molecule has 142 valence electrons. The lowest BCUT2D eigenvalue weighted by Gasteiger charge is -2.00. The van der Waals surface area contributed by atoms with Gasteiger partial charge < -0.3 is 5.11 Å². The lowest BCUT2D eigenvalue weighted by Crippen LogP contribution is -1.96. The quantitative estimate of drug-likeness (QED) is 0.528. The van der Waals surface area contributed by atoms with Crippen LogP contribution in [0, 0.1) is 5.82 Å². The highest BCUT2D eigenvalue weighted by molar-refractivity contribution is 5.88. The number of benzene rings is 2. The van der Waals surface area contributed by atoms with Gasteiger partial charge >= 0.3 is 5.97 Å². The second-order valence-corrected chi connectivity index (χ2v) is 6.33. The van der Waals surface area contributed by atoms with Crippen LogP contribution in [-0.4, -0.2) is 25.8 Å². The van der Waals surface area contributed by atoms with Crippen LogP contribution < -0.4 is 0 Å². The first kappa shape index (κ1) is 18.3. The smallest absolute Gasteiger partial charge is 0.335 e. The number of halogens is 1. The van der Waals surface area contributed by atoms with Gasteiger partial charge in [0.2, 0.25) is 0 Å². The number of hydrogen-bond donors (Lipinski definition) is 1. The van der Waals surface area contributed by atoms with E-state index in [2.05, 4.69) is 10.1 Å². The molecule has 0 bridgehead atoms. The lowest BCUT2D eigenvalue weighted by atomic mass is 10.1. The highest BCUT2D eigenvalue weighted by atomic mass is 19.1. The van der Waals surface area contributed by atoms with Crippen molar-refractivity contribution in [2.24, 2.45) is 0 Å². The van der Waals surface area contributed by atoms with Gasteiger partial charge in [-0.3, -0.25) is 4.98 Å². The average molecular weight is 385 g/mol. The summed E-state index contributed by atoms with van der Waals surface area (Å²) in [4.78, 5) is 15.3. The molecule has 2 aromatic carbocycles. The number of aromatic carboxylic acids is 1. The molecular formula is C23H16FN3O2. The van der Waals surface area contributed by atoms with Crippen LogP contribution in [0.4, 0.5) is 4.39 Å². The van der Waals surface area contributed by atoms with E-state index in [1.54, 1.807) is 22.9 Å². The number of aromatic nitrogens is 3. The zero-order valence-electron chi connectivity index (χ0n) is 15.2. The first-order valence-electron chi connectivity index (χ1n) is 8.88. The molecule has 0 atom stereocenters. The third-order valence-corrected chi connectivity index (χ3v) is 4.34. The molecule has 0 fully saturated rings. The molecule has 6 heteroatoms. The molecule has 0 aliphatic rings. The highest BCUT2D eigenvalue weighted by Crippen LogP contribution is 2.25. The van der Waals surface area contributed by atoms with E-state index in [1.165, 1.54) is 30.5 Å². The van der Waals surface area contributed by atoms with Gasteiger partial charge in [-0.15, -0.1) is 0 Å². The minimum absolute atomic E-state index is 0.165. The van der Waals surface area contributed by atoms with E-state index in [1.807, 2.05) is 42.6 Å². The number of carboxylic acids is 1. The number of pyridine rings is 1. The molecule has 5 nitrogen and oxygen atoms in total. The van der Waals surface area contributed by atoms with Crippen molar-refractivity contribution in [3.05, 3.63) is 102 Å². The van der Waals surface area contributed by atoms with E-state index < -0.39 is 5.97 Å². The van der Waals surface area contributed by atoms with Gasteiger partial charge in [0, 0.05) is 23.5 Å². The summed E-state index contributed by atoms with van der Waals surface area (Å²) in [5.41, 5.74) is 3.82. The van der Waals surface area contributed by atoms with Crippen LogP contribution in [0.25, 0.3) is 29.1 Å². The van der Waals surface area contributed by atoms with Crippen LogP contribution in [0.5, 0.6) is 0 Å². The number of para-hydroxylation sites is 1. The molecule has 0 unspecified atom stereocenters. The van der Waals surface area contributed by atoms with Crippen molar-refractivity contribution >= 4 is 18.1 Å². The van der Waals surface area contributed by atoms with Gasteiger partial charge in [-0.05, 0) is 60.7 Å². The maximum atomic E-state index is 13.3. The van der Waals surface area contributed by atoms with Crippen LogP contribution in [0.3, 0.4) is 0 Å². The van der Waals surface area contributed by atoms with Crippen LogP contribution in [0.2, 0.25) is 0 Å². The van der Waals surface area contributed by atoms with Gasteiger partial charge in [-0.25, -0.2) is 13.9 Å². The summed E-state index contributed by atoms with van der Waals surface area (Å²) in [6.07, 6.45) is 6.87. The Balaban J connectivity index is 1.76. The molecule has 0 radical (unpaired) electrons. The summed E-state index contributed by atoms with van der Waals surface area (Å²) in [6, 6.07) is 18.7. The number of rotatable bonds is 5. The normalized spacial score (nSPS) is 11.1. The fourth-order valence-electron chi connectivity index (χ4n) is 2.90. The molecule has 0 aliphatic heterocycles. The molecule has 4 aromatic rings. The Hall–Kier alpha value is -4.06. The van der Waals surface area contributed by atoms with E-state index in [4.69, 9.17) is 5.11 Å². The molecule has 2 heterocycles. The molecule has 4 rings (SSSR count). The third kappa shape index (κ3) is 4.11. The third-order valence-electron chi connectivity index (χ3n) is 4.34. The number of carbonyl (C=O) groups is 1. The van der Waals surface area contributed by atoms with Crippen LogP contribution in [0.15, 0.2) is 79.1 Å². The zero-order chi connectivity index (χ0) is 20.2. The largest absolute Gasteiger partial charge is 0.478 e. The predicted octanol–water partition coefficient (Wildman–Crippen LogP) is 4.94. The van der Waals surface area contributed by atoms with Crippen LogP contribution in [0.1, 0.15) is 21.6 Å². The molecule has 1 N–H and O–H groups in total. The van der Waals surface area contributed by atoms with E-state index in [0.29, 0.717) is 11.4 Å². The van der Waals surface area contributed by atoms with Crippen molar-refractivity contribution in [1.82, 2.24) is 14.8 Å². The Morgan fingerprint density at radius 1 is 1.00 bits per heavy atom. The predicted molar refractivity (Wildman–Crippen MR) is 109 cm³/mol. The van der Waals surface area contributed by atoms with E-state index in [0.717, 1.165) is 16.8 Å². The van der Waals surface area contributed by atoms with Crippen molar-refractivity contribution in [3.8, 4) is 16.9 Å². The maximum Gasteiger partial charge on any atom is 0.335 e. The number of carboxylic acid groups (broad SMARTS) is 1. The van der Waals surface area contributed by atoms with Gasteiger partial charge in [-0.1, -0.05) is 18.2 Å². The van der Waals surface area contributed by atoms with Crippen molar-refractivity contribution < 1.29 is 14.3 Å². The SMILES string of the molecule is O=C(O)c1ccnc(/C=C/c2cn(-c3ccccc3)nc2-c2ccc(F)cc2)c1. The Bertz CT molecular complexity index is 1180. The summed E-state index contributed by atoms with van der Waals surface area (Å²) >= 11 is 0. The fourth-order valence-corrected chi connectivity index (χ4v) is 2.90. The standard InChI is InChI=1S/C23H16FN3O2/c24-19-9-6-16(7-10-19)22-18(15-27(26-22)21-4-2-1-3-5-21)8-11-20-14-17(23(28)29)12-13-25-20/h1-15H,(H,28,29)/b11-8+. The van der Waals surface area contributed by atoms with E-state index in [9.17, 15) is 9.18 Å². The molecule has 29 heavy (non-hydrogen) atoms. The molecular weight excluding hydrogens is 369 g/mol. The van der Waals surface area contributed by atoms with Crippen LogP contribution in [-0.2, 0) is 0 Å². The second kappa shape index (κ2) is 7.90. The van der Waals surface area contributed by atoms with Gasteiger partial charge in [-0.2, -0.15) is 5.10 Å². The Morgan fingerprint density at radius 2 is 1.76 bits per heavy atom. The highest BCUT2D eigenvalue weighted by Gasteiger charge is 2.11. The monoisotopic (exact) mass is 385 g/mol. The lowest BCUT2D eigenvalue weighted by molar-refractivity contribution is 0.0696. The maximum absolute atomic E-state index is 13.3. The first-order valence-corrected chi connectivity index (χ1v) is 8.88. The Morgan fingerprint density at radius 3 is 2.48 bits per heavy atom. The second-order valence-electron chi connectivity index (χ2n) is 6.33. The number of nitrogens with zero attached hydrogens (tertiary/aromatic N) is 3. The average Bonchev–Trinajstić information content (AvgIpc) is 3.18. The molecule has 0 saturated heterocycles. The summed E-state index contributed by atoms with van der Waals surface area (Å²) in [6.45, 7) is 0. The summed E-state index contributed by atoms with van der Waals surface area (Å²) < 4.78 is 15.1. The Labute approximate surface area is 166 Å². The van der Waals surface area contributed by atoms with Crippen molar-refractivity contribution in [2.45, 2.75) is 0 Å².